The molecule has 0 amide bonds. The van der Waals surface area contributed by atoms with Crippen molar-refractivity contribution in [2.24, 2.45) is 0 Å². The first-order chi connectivity index (χ1) is 11.6. The number of carbonyl (C=O) groups is 1. The van der Waals surface area contributed by atoms with Crippen LogP contribution in [-0.4, -0.2) is 5.97 Å². The van der Waals surface area contributed by atoms with Gasteiger partial charge in [-0.3, -0.25) is 4.79 Å². The number of rotatable bonds is 7. The topological polar surface area (TPSA) is 35.5 Å². The van der Waals surface area contributed by atoms with Gasteiger partial charge in [-0.2, -0.15) is 0 Å². The lowest BCUT2D eigenvalue weighted by atomic mass is 10.0. The lowest BCUT2D eigenvalue weighted by Gasteiger charge is -2.15. The van der Waals surface area contributed by atoms with Crippen LogP contribution in [0.4, 0.5) is 0 Å². The summed E-state index contributed by atoms with van der Waals surface area (Å²) in [4.78, 5) is 11.7. The molecule has 0 aliphatic rings. The summed E-state index contributed by atoms with van der Waals surface area (Å²) in [5.74, 6) is 1.13. The van der Waals surface area contributed by atoms with Gasteiger partial charge >= 0.3 is 5.97 Å². The van der Waals surface area contributed by atoms with E-state index < -0.39 is 0 Å². The van der Waals surface area contributed by atoms with Crippen molar-refractivity contribution in [1.29, 1.82) is 0 Å². The van der Waals surface area contributed by atoms with Crippen LogP contribution >= 0.6 is 15.9 Å². The van der Waals surface area contributed by atoms with E-state index in [-0.39, 0.29) is 5.97 Å². The molecule has 0 spiro atoms. The van der Waals surface area contributed by atoms with Gasteiger partial charge < -0.3 is 9.47 Å². The number of carbonyl (C=O) groups excluding carboxylic acids is 1. The third-order valence-corrected chi connectivity index (χ3v) is 4.52. The summed E-state index contributed by atoms with van der Waals surface area (Å²) < 4.78 is 12.4. The molecule has 0 aliphatic heterocycles. The average molecular weight is 391 g/mol. The molecular formula is C20H23BrO3. The number of benzene rings is 2. The molecule has 2 aromatic carbocycles. The summed E-state index contributed by atoms with van der Waals surface area (Å²) in [7, 11) is 0. The lowest BCUT2D eigenvalue weighted by Crippen LogP contribution is -2.10. The predicted molar refractivity (Wildman–Crippen MR) is 99.6 cm³/mol. The quantitative estimate of drug-likeness (QED) is 0.464. The Morgan fingerprint density at radius 3 is 2.46 bits per heavy atom. The first-order valence-electron chi connectivity index (χ1n) is 8.31. The van der Waals surface area contributed by atoms with Gasteiger partial charge in [-0.25, -0.2) is 0 Å². The van der Waals surface area contributed by atoms with E-state index in [1.54, 1.807) is 6.92 Å². The van der Waals surface area contributed by atoms with Crippen LogP contribution in [0.25, 0.3) is 0 Å². The summed E-state index contributed by atoms with van der Waals surface area (Å²) in [6.45, 7) is 6.35. The van der Waals surface area contributed by atoms with E-state index >= 15 is 0 Å². The van der Waals surface area contributed by atoms with Gasteiger partial charge in [-0.05, 0) is 58.1 Å². The summed E-state index contributed by atoms with van der Waals surface area (Å²) in [5.41, 5.74) is 3.30. The second kappa shape index (κ2) is 8.88. The van der Waals surface area contributed by atoms with Gasteiger partial charge in [0.25, 0.3) is 0 Å². The molecule has 0 unspecified atom stereocenters. The van der Waals surface area contributed by atoms with Crippen LogP contribution in [0.15, 0.2) is 40.9 Å². The third-order valence-electron chi connectivity index (χ3n) is 3.90. The number of aryl methyl sites for hydroxylation is 2. The lowest BCUT2D eigenvalue weighted by molar-refractivity contribution is -0.134. The third kappa shape index (κ3) is 4.60. The van der Waals surface area contributed by atoms with Crippen molar-refractivity contribution in [2.45, 2.75) is 46.6 Å². The van der Waals surface area contributed by atoms with Crippen molar-refractivity contribution >= 4 is 21.9 Å². The Morgan fingerprint density at radius 1 is 1.04 bits per heavy atom. The number of esters is 1. The van der Waals surface area contributed by atoms with Crippen LogP contribution < -0.4 is 9.47 Å². The second-order valence-electron chi connectivity index (χ2n) is 5.48. The maximum atomic E-state index is 11.7. The molecular weight excluding hydrogens is 368 g/mol. The molecule has 0 atom stereocenters. The van der Waals surface area contributed by atoms with E-state index in [2.05, 4.69) is 41.9 Å². The molecule has 0 fully saturated rings. The molecule has 4 heteroatoms. The van der Waals surface area contributed by atoms with E-state index in [9.17, 15) is 4.79 Å². The highest BCUT2D eigenvalue weighted by Gasteiger charge is 2.13. The zero-order valence-corrected chi connectivity index (χ0v) is 16.0. The summed E-state index contributed by atoms with van der Waals surface area (Å²) in [6, 6.07) is 11.9. The highest BCUT2D eigenvalue weighted by atomic mass is 79.9. The monoisotopic (exact) mass is 390 g/mol. The molecule has 0 radical (unpaired) electrons. The Labute approximate surface area is 152 Å². The second-order valence-corrected chi connectivity index (χ2v) is 6.34. The number of ether oxygens (including phenoxy) is 2. The summed E-state index contributed by atoms with van der Waals surface area (Å²) in [6.07, 6.45) is 2.18. The Morgan fingerprint density at radius 2 is 1.83 bits per heavy atom. The predicted octanol–water partition coefficient (Wildman–Crippen LogP) is 5.47. The molecule has 24 heavy (non-hydrogen) atoms. The summed E-state index contributed by atoms with van der Waals surface area (Å²) in [5, 5.41) is 0. The number of halogens is 1. The maximum Gasteiger partial charge on any atom is 0.310 e. The van der Waals surface area contributed by atoms with E-state index in [1.807, 2.05) is 24.3 Å². The SMILES string of the molecule is CCC(=O)Oc1cccc(CC)c1COc1ccc(CC)cc1Br. The molecule has 0 N–H and O–H groups in total. The number of hydrogen-bond donors (Lipinski definition) is 0. The normalized spacial score (nSPS) is 10.5. The van der Waals surface area contributed by atoms with Gasteiger partial charge in [0.1, 0.15) is 18.1 Å². The van der Waals surface area contributed by atoms with Crippen molar-refractivity contribution in [3.05, 3.63) is 57.6 Å². The van der Waals surface area contributed by atoms with E-state index in [4.69, 9.17) is 9.47 Å². The van der Waals surface area contributed by atoms with Crippen LogP contribution in [0.2, 0.25) is 0 Å². The molecule has 128 valence electrons. The fourth-order valence-electron chi connectivity index (χ4n) is 2.43. The maximum absolute atomic E-state index is 11.7. The summed E-state index contributed by atoms with van der Waals surface area (Å²) >= 11 is 3.56. The zero-order chi connectivity index (χ0) is 17.5. The van der Waals surface area contributed by atoms with E-state index in [0.29, 0.717) is 18.8 Å². The molecule has 2 aromatic rings. The van der Waals surface area contributed by atoms with Gasteiger partial charge in [0.2, 0.25) is 0 Å². The van der Waals surface area contributed by atoms with Gasteiger partial charge in [0.15, 0.2) is 0 Å². The standard InChI is InChI=1S/C20H23BrO3/c1-4-14-10-11-19(17(21)12-14)23-13-16-15(5-2)8-7-9-18(16)24-20(22)6-3/h7-12H,4-6,13H2,1-3H3. The highest BCUT2D eigenvalue weighted by Crippen LogP contribution is 2.30. The van der Waals surface area contributed by atoms with E-state index in [1.165, 1.54) is 5.56 Å². The highest BCUT2D eigenvalue weighted by molar-refractivity contribution is 9.10. The Balaban J connectivity index is 2.23. The Bertz CT molecular complexity index is 710. The van der Waals surface area contributed by atoms with Crippen LogP contribution in [0, 0.1) is 0 Å². The average Bonchev–Trinajstić information content (AvgIpc) is 2.60. The van der Waals surface area contributed by atoms with Gasteiger partial charge in [-0.1, -0.05) is 39.0 Å². The van der Waals surface area contributed by atoms with Crippen LogP contribution in [-0.2, 0) is 24.2 Å². The molecule has 0 saturated heterocycles. The van der Waals surface area contributed by atoms with Crippen LogP contribution in [0.3, 0.4) is 0 Å². The van der Waals surface area contributed by atoms with Crippen molar-refractivity contribution in [1.82, 2.24) is 0 Å². The molecule has 0 aromatic heterocycles. The van der Waals surface area contributed by atoms with Crippen molar-refractivity contribution in [3.8, 4) is 11.5 Å². The van der Waals surface area contributed by atoms with Crippen molar-refractivity contribution < 1.29 is 14.3 Å². The molecule has 3 nitrogen and oxygen atoms in total. The molecule has 0 bridgehead atoms. The van der Waals surface area contributed by atoms with Crippen molar-refractivity contribution in [3.63, 3.8) is 0 Å². The minimum absolute atomic E-state index is 0.238. The van der Waals surface area contributed by atoms with Gasteiger partial charge in [-0.15, -0.1) is 0 Å². The van der Waals surface area contributed by atoms with Crippen LogP contribution in [0.5, 0.6) is 11.5 Å². The first-order valence-corrected chi connectivity index (χ1v) is 9.10. The zero-order valence-electron chi connectivity index (χ0n) is 14.4. The minimum Gasteiger partial charge on any atom is -0.488 e. The Hall–Kier alpha value is -1.81. The largest absolute Gasteiger partial charge is 0.488 e. The molecule has 0 aliphatic carbocycles. The minimum atomic E-state index is -0.238. The Kier molecular flexibility index (Phi) is 6.85. The molecule has 0 saturated carbocycles. The van der Waals surface area contributed by atoms with Gasteiger partial charge in [0, 0.05) is 12.0 Å². The smallest absolute Gasteiger partial charge is 0.310 e. The van der Waals surface area contributed by atoms with Crippen LogP contribution in [0.1, 0.15) is 43.9 Å². The van der Waals surface area contributed by atoms with Crippen molar-refractivity contribution in [2.75, 3.05) is 0 Å². The van der Waals surface area contributed by atoms with E-state index in [0.717, 1.165) is 34.2 Å². The fourth-order valence-corrected chi connectivity index (χ4v) is 2.97. The first kappa shape index (κ1) is 18.5. The number of hydrogen-bond acceptors (Lipinski definition) is 3. The fraction of sp³-hybridized carbons (Fsp3) is 0.350. The molecule has 2 rings (SSSR count). The molecule has 0 heterocycles. The van der Waals surface area contributed by atoms with Gasteiger partial charge in [0.05, 0.1) is 4.47 Å².